The molecule has 2 rings (SSSR count). The molecular weight excluding hydrogens is 180 g/mol. The van der Waals surface area contributed by atoms with Crippen LogP contribution >= 0.6 is 0 Å². The standard InChI is InChI=1S/C10H8N2O2/c1-6-3-8(13-2)10-9(7(6)4-11)12-5-14-10/h3,5H,1-2H3. The van der Waals surface area contributed by atoms with Crippen molar-refractivity contribution in [3.05, 3.63) is 23.6 Å². The van der Waals surface area contributed by atoms with Gasteiger partial charge in [-0.3, -0.25) is 0 Å². The highest BCUT2D eigenvalue weighted by Crippen LogP contribution is 2.29. The Kier molecular flexibility index (Phi) is 1.86. The monoisotopic (exact) mass is 188 g/mol. The second-order valence-electron chi connectivity index (χ2n) is 2.91. The van der Waals surface area contributed by atoms with Crippen LogP contribution in [0.15, 0.2) is 16.9 Å². The second-order valence-corrected chi connectivity index (χ2v) is 2.91. The van der Waals surface area contributed by atoms with E-state index in [2.05, 4.69) is 11.1 Å². The zero-order valence-corrected chi connectivity index (χ0v) is 7.87. The van der Waals surface area contributed by atoms with Crippen LogP contribution in [-0.2, 0) is 0 Å². The highest BCUT2D eigenvalue weighted by Gasteiger charge is 2.13. The van der Waals surface area contributed by atoms with Crippen LogP contribution in [0.25, 0.3) is 11.1 Å². The Morgan fingerprint density at radius 1 is 1.57 bits per heavy atom. The summed E-state index contributed by atoms with van der Waals surface area (Å²) in [5.41, 5.74) is 2.46. The van der Waals surface area contributed by atoms with Gasteiger partial charge < -0.3 is 9.15 Å². The first-order valence-corrected chi connectivity index (χ1v) is 4.08. The number of rotatable bonds is 1. The average Bonchev–Trinajstić information content (AvgIpc) is 2.65. The number of fused-ring (bicyclic) bond motifs is 1. The molecule has 1 aromatic carbocycles. The SMILES string of the molecule is COc1cc(C)c(C#N)c2ncoc12. The fraction of sp³-hybridized carbons (Fsp3) is 0.200. The van der Waals surface area contributed by atoms with E-state index in [4.69, 9.17) is 14.4 Å². The van der Waals surface area contributed by atoms with E-state index in [0.717, 1.165) is 5.56 Å². The van der Waals surface area contributed by atoms with Gasteiger partial charge in [0.1, 0.15) is 11.6 Å². The van der Waals surface area contributed by atoms with Gasteiger partial charge in [0.25, 0.3) is 0 Å². The van der Waals surface area contributed by atoms with Crippen LogP contribution in [0.3, 0.4) is 0 Å². The van der Waals surface area contributed by atoms with Crippen LogP contribution in [0.1, 0.15) is 11.1 Å². The van der Waals surface area contributed by atoms with Crippen LogP contribution in [0.5, 0.6) is 5.75 Å². The van der Waals surface area contributed by atoms with Gasteiger partial charge in [0.2, 0.25) is 0 Å². The van der Waals surface area contributed by atoms with E-state index in [0.29, 0.717) is 22.4 Å². The Morgan fingerprint density at radius 2 is 2.36 bits per heavy atom. The first kappa shape index (κ1) is 8.57. The number of nitrogens with zero attached hydrogens (tertiary/aromatic N) is 2. The van der Waals surface area contributed by atoms with Crippen molar-refractivity contribution in [2.75, 3.05) is 7.11 Å². The second kappa shape index (κ2) is 3.04. The van der Waals surface area contributed by atoms with Crippen molar-refractivity contribution in [2.45, 2.75) is 6.92 Å². The molecule has 0 radical (unpaired) electrons. The van der Waals surface area contributed by atoms with Crippen molar-refractivity contribution < 1.29 is 9.15 Å². The van der Waals surface area contributed by atoms with Crippen molar-refractivity contribution in [2.24, 2.45) is 0 Å². The van der Waals surface area contributed by atoms with E-state index in [1.54, 1.807) is 13.2 Å². The van der Waals surface area contributed by atoms with Crippen LogP contribution in [0.4, 0.5) is 0 Å². The van der Waals surface area contributed by atoms with Gasteiger partial charge >= 0.3 is 0 Å². The third kappa shape index (κ3) is 1.03. The fourth-order valence-corrected chi connectivity index (χ4v) is 1.41. The zero-order valence-electron chi connectivity index (χ0n) is 7.87. The molecule has 0 atom stereocenters. The summed E-state index contributed by atoms with van der Waals surface area (Å²) in [6.45, 7) is 1.84. The maximum atomic E-state index is 8.93. The molecular formula is C10H8N2O2. The molecule has 1 aromatic heterocycles. The van der Waals surface area contributed by atoms with Gasteiger partial charge in [-0.05, 0) is 18.6 Å². The van der Waals surface area contributed by atoms with E-state index in [1.165, 1.54) is 6.39 Å². The molecule has 0 unspecified atom stereocenters. The Hall–Kier alpha value is -2.02. The molecule has 0 aliphatic rings. The number of hydrogen-bond donors (Lipinski definition) is 0. The maximum absolute atomic E-state index is 8.93. The lowest BCUT2D eigenvalue weighted by Crippen LogP contribution is -1.89. The summed E-state index contributed by atoms with van der Waals surface area (Å²) in [5.74, 6) is 0.606. The molecule has 0 N–H and O–H groups in total. The number of nitriles is 1. The minimum absolute atomic E-state index is 0.523. The van der Waals surface area contributed by atoms with Crippen molar-refractivity contribution >= 4 is 11.1 Å². The van der Waals surface area contributed by atoms with Gasteiger partial charge in [-0.25, -0.2) is 4.98 Å². The van der Waals surface area contributed by atoms with Gasteiger partial charge in [0.05, 0.1) is 12.7 Å². The lowest BCUT2D eigenvalue weighted by Gasteiger charge is -2.03. The smallest absolute Gasteiger partial charge is 0.197 e. The minimum Gasteiger partial charge on any atom is -0.493 e. The molecule has 0 spiro atoms. The summed E-state index contributed by atoms with van der Waals surface area (Å²) in [5, 5.41) is 8.93. The molecule has 0 saturated heterocycles. The van der Waals surface area contributed by atoms with Crippen molar-refractivity contribution in [1.29, 1.82) is 5.26 Å². The lowest BCUT2D eigenvalue weighted by atomic mass is 10.1. The highest BCUT2D eigenvalue weighted by atomic mass is 16.5. The number of methoxy groups -OCH3 is 1. The predicted molar refractivity (Wildman–Crippen MR) is 50.0 cm³/mol. The Morgan fingerprint density at radius 3 is 3.00 bits per heavy atom. The van der Waals surface area contributed by atoms with Crippen molar-refractivity contribution in [3.63, 3.8) is 0 Å². The van der Waals surface area contributed by atoms with E-state index in [9.17, 15) is 0 Å². The number of oxazole rings is 1. The molecule has 0 saturated carbocycles. The molecule has 0 amide bonds. The van der Waals surface area contributed by atoms with Gasteiger partial charge in [0, 0.05) is 0 Å². The van der Waals surface area contributed by atoms with Gasteiger partial charge in [-0.15, -0.1) is 0 Å². The summed E-state index contributed by atoms with van der Waals surface area (Å²) < 4.78 is 10.3. The molecule has 4 nitrogen and oxygen atoms in total. The summed E-state index contributed by atoms with van der Waals surface area (Å²) in [6, 6.07) is 3.87. The molecule has 2 aromatic rings. The van der Waals surface area contributed by atoms with Crippen molar-refractivity contribution in [1.82, 2.24) is 4.98 Å². The zero-order chi connectivity index (χ0) is 10.1. The summed E-state index contributed by atoms with van der Waals surface area (Å²) in [6.07, 6.45) is 1.31. The molecule has 1 heterocycles. The maximum Gasteiger partial charge on any atom is 0.197 e. The number of ether oxygens (including phenoxy) is 1. The average molecular weight is 188 g/mol. The summed E-state index contributed by atoms with van der Waals surface area (Å²) in [4.78, 5) is 3.99. The van der Waals surface area contributed by atoms with Crippen LogP contribution in [-0.4, -0.2) is 12.1 Å². The van der Waals surface area contributed by atoms with Gasteiger partial charge in [0.15, 0.2) is 17.7 Å². The molecule has 0 bridgehead atoms. The number of benzene rings is 1. The van der Waals surface area contributed by atoms with E-state index in [1.807, 2.05) is 6.92 Å². The normalized spacial score (nSPS) is 10.1. The van der Waals surface area contributed by atoms with Crippen LogP contribution in [0.2, 0.25) is 0 Å². The minimum atomic E-state index is 0.523. The number of aryl methyl sites for hydroxylation is 1. The topological polar surface area (TPSA) is 59.0 Å². The number of hydrogen-bond acceptors (Lipinski definition) is 4. The fourth-order valence-electron chi connectivity index (χ4n) is 1.41. The van der Waals surface area contributed by atoms with E-state index in [-0.39, 0.29) is 0 Å². The molecule has 0 fully saturated rings. The third-order valence-electron chi connectivity index (χ3n) is 2.10. The third-order valence-corrected chi connectivity index (χ3v) is 2.10. The molecule has 0 aliphatic carbocycles. The van der Waals surface area contributed by atoms with Crippen LogP contribution < -0.4 is 4.74 Å². The van der Waals surface area contributed by atoms with Crippen LogP contribution in [0, 0.1) is 18.3 Å². The van der Waals surface area contributed by atoms with Gasteiger partial charge in [-0.2, -0.15) is 5.26 Å². The molecule has 14 heavy (non-hydrogen) atoms. The summed E-state index contributed by atoms with van der Waals surface area (Å²) in [7, 11) is 1.56. The first-order valence-electron chi connectivity index (χ1n) is 4.08. The molecule has 70 valence electrons. The largest absolute Gasteiger partial charge is 0.493 e. The van der Waals surface area contributed by atoms with E-state index >= 15 is 0 Å². The van der Waals surface area contributed by atoms with Gasteiger partial charge in [-0.1, -0.05) is 0 Å². The van der Waals surface area contributed by atoms with E-state index < -0.39 is 0 Å². The lowest BCUT2D eigenvalue weighted by molar-refractivity contribution is 0.409. The Balaban J connectivity index is 2.90. The quantitative estimate of drug-likeness (QED) is 0.686. The Labute approximate surface area is 80.7 Å². The Bertz CT molecular complexity index is 523. The highest BCUT2D eigenvalue weighted by molar-refractivity contribution is 5.86. The first-order chi connectivity index (χ1) is 6.77. The summed E-state index contributed by atoms with van der Waals surface area (Å²) >= 11 is 0. The molecule has 0 aliphatic heterocycles. The predicted octanol–water partition coefficient (Wildman–Crippen LogP) is 2.02. The number of aromatic nitrogens is 1. The molecule has 4 heteroatoms. The van der Waals surface area contributed by atoms with Crippen molar-refractivity contribution in [3.8, 4) is 11.8 Å².